The first-order chi connectivity index (χ1) is 16.6. The molecule has 6 nitrogen and oxygen atoms in total. The molecule has 0 bridgehead atoms. The highest BCUT2D eigenvalue weighted by molar-refractivity contribution is 5.82. The molecule has 2 aromatic carbocycles. The summed E-state index contributed by atoms with van der Waals surface area (Å²) in [5, 5.41) is 13.9. The Labute approximate surface area is 199 Å². The van der Waals surface area contributed by atoms with E-state index in [1.165, 1.54) is 5.56 Å². The summed E-state index contributed by atoms with van der Waals surface area (Å²) < 4.78 is 8.07. The van der Waals surface area contributed by atoms with Crippen molar-refractivity contribution in [3.05, 3.63) is 89.2 Å². The Balaban J connectivity index is 1.30. The number of anilines is 1. The van der Waals surface area contributed by atoms with Crippen LogP contribution in [0.4, 0.5) is 5.82 Å². The molecule has 1 atom stereocenters. The molecule has 174 valence electrons. The number of nitrogens with zero attached hydrogens (tertiary/aromatic N) is 2. The van der Waals surface area contributed by atoms with Crippen LogP contribution >= 0.6 is 0 Å². The van der Waals surface area contributed by atoms with Gasteiger partial charge in [-0.25, -0.2) is 4.98 Å². The molecule has 0 saturated heterocycles. The Bertz CT molecular complexity index is 1310. The van der Waals surface area contributed by atoms with Crippen LogP contribution in [-0.2, 0) is 17.6 Å². The van der Waals surface area contributed by atoms with Crippen molar-refractivity contribution in [3.63, 3.8) is 0 Å². The van der Waals surface area contributed by atoms with Crippen LogP contribution in [0.15, 0.2) is 66.9 Å². The van der Waals surface area contributed by atoms with Gasteiger partial charge in [0.15, 0.2) is 0 Å². The standard InChI is InChI=1S/C28H29N3O3/c1-19-4-6-20(7-5-19)26(18-27(32)33)31-15-12-22-17-24(10-11-25(22)31)34-16-13-23-9-8-21-3-2-14-29-28(21)30-23/h4-12,15,17,26H,2-3,13-14,16,18H2,1H3,(H,29,30)(H,32,33). The summed E-state index contributed by atoms with van der Waals surface area (Å²) in [7, 11) is 0. The number of aromatic nitrogens is 2. The summed E-state index contributed by atoms with van der Waals surface area (Å²) in [4.78, 5) is 16.3. The molecule has 2 N–H and O–H groups in total. The van der Waals surface area contributed by atoms with E-state index in [1.807, 2.05) is 66.2 Å². The van der Waals surface area contributed by atoms with Gasteiger partial charge >= 0.3 is 5.97 Å². The fraction of sp³-hybridized carbons (Fsp3) is 0.286. The first-order valence-corrected chi connectivity index (χ1v) is 11.8. The predicted octanol–water partition coefficient (Wildman–Crippen LogP) is 5.39. The molecule has 6 heteroatoms. The van der Waals surface area contributed by atoms with Crippen molar-refractivity contribution in [3.8, 4) is 5.75 Å². The Hall–Kier alpha value is -3.80. The van der Waals surface area contributed by atoms with E-state index in [-0.39, 0.29) is 12.5 Å². The van der Waals surface area contributed by atoms with Gasteiger partial charge in [0.25, 0.3) is 0 Å². The van der Waals surface area contributed by atoms with E-state index in [9.17, 15) is 9.90 Å². The topological polar surface area (TPSA) is 76.4 Å². The van der Waals surface area contributed by atoms with E-state index in [0.717, 1.165) is 65.1 Å². The minimum Gasteiger partial charge on any atom is -0.493 e. The smallest absolute Gasteiger partial charge is 0.305 e. The molecule has 1 aliphatic heterocycles. The number of aliphatic carboxylic acids is 1. The molecule has 1 aliphatic rings. The maximum Gasteiger partial charge on any atom is 0.305 e. The number of benzene rings is 2. The van der Waals surface area contributed by atoms with Crippen LogP contribution in [0.2, 0.25) is 0 Å². The number of nitrogens with one attached hydrogen (secondary N) is 1. The molecule has 2 aromatic heterocycles. The molecular formula is C28H29N3O3. The van der Waals surface area contributed by atoms with Crippen molar-refractivity contribution in [1.82, 2.24) is 9.55 Å². The predicted molar refractivity (Wildman–Crippen MR) is 134 cm³/mol. The van der Waals surface area contributed by atoms with Gasteiger partial charge < -0.3 is 19.7 Å². The number of carbonyl (C=O) groups is 1. The molecule has 34 heavy (non-hydrogen) atoms. The van der Waals surface area contributed by atoms with Crippen molar-refractivity contribution in [2.75, 3.05) is 18.5 Å². The zero-order chi connectivity index (χ0) is 23.5. The number of pyridine rings is 1. The van der Waals surface area contributed by atoms with Gasteiger partial charge in [-0.1, -0.05) is 35.9 Å². The normalized spacial score (nSPS) is 13.8. The summed E-state index contributed by atoms with van der Waals surface area (Å²) in [6.45, 7) is 3.56. The van der Waals surface area contributed by atoms with Gasteiger partial charge in [0.1, 0.15) is 11.6 Å². The average Bonchev–Trinajstić information content (AvgIpc) is 3.26. The number of aryl methyl sites for hydroxylation is 2. The summed E-state index contributed by atoms with van der Waals surface area (Å²) in [6, 6.07) is 20.0. The molecule has 0 fully saturated rings. The number of fused-ring (bicyclic) bond motifs is 2. The maximum absolute atomic E-state index is 11.6. The van der Waals surface area contributed by atoms with Crippen molar-refractivity contribution in [1.29, 1.82) is 0 Å². The summed E-state index contributed by atoms with van der Waals surface area (Å²) in [5.74, 6) is 0.987. The van der Waals surface area contributed by atoms with E-state index < -0.39 is 5.97 Å². The maximum atomic E-state index is 11.6. The lowest BCUT2D eigenvalue weighted by Crippen LogP contribution is -2.14. The first-order valence-electron chi connectivity index (χ1n) is 11.8. The van der Waals surface area contributed by atoms with Crippen molar-refractivity contribution >= 4 is 22.7 Å². The van der Waals surface area contributed by atoms with Crippen LogP contribution in [0.1, 0.15) is 41.3 Å². The molecule has 0 amide bonds. The summed E-state index contributed by atoms with van der Waals surface area (Å²) >= 11 is 0. The number of carboxylic acid groups (broad SMARTS) is 1. The SMILES string of the molecule is Cc1ccc(C(CC(=O)O)n2ccc3cc(OCCc4ccc5c(n4)NCCC5)ccc32)cc1. The van der Waals surface area contributed by atoms with Crippen LogP contribution < -0.4 is 10.1 Å². The number of hydrogen-bond donors (Lipinski definition) is 2. The Morgan fingerprint density at radius 3 is 2.82 bits per heavy atom. The van der Waals surface area contributed by atoms with Crippen LogP contribution in [0.5, 0.6) is 5.75 Å². The number of hydrogen-bond acceptors (Lipinski definition) is 4. The van der Waals surface area contributed by atoms with Gasteiger partial charge in [-0.3, -0.25) is 4.79 Å². The van der Waals surface area contributed by atoms with Crippen molar-refractivity contribution in [2.45, 2.75) is 38.6 Å². The second-order valence-corrected chi connectivity index (χ2v) is 8.91. The zero-order valence-corrected chi connectivity index (χ0v) is 19.3. The fourth-order valence-corrected chi connectivity index (χ4v) is 4.62. The van der Waals surface area contributed by atoms with E-state index in [4.69, 9.17) is 9.72 Å². The van der Waals surface area contributed by atoms with Gasteiger partial charge in [-0.15, -0.1) is 0 Å². The second kappa shape index (κ2) is 9.59. The molecule has 0 saturated carbocycles. The summed E-state index contributed by atoms with van der Waals surface area (Å²) in [6.07, 6.45) is 4.97. The average molecular weight is 456 g/mol. The van der Waals surface area contributed by atoms with Gasteiger partial charge in [0.05, 0.1) is 19.1 Å². The Morgan fingerprint density at radius 2 is 2.00 bits per heavy atom. The molecule has 5 rings (SSSR count). The molecule has 0 radical (unpaired) electrons. The molecule has 0 aliphatic carbocycles. The van der Waals surface area contributed by atoms with E-state index in [0.29, 0.717) is 6.61 Å². The Morgan fingerprint density at radius 1 is 1.15 bits per heavy atom. The van der Waals surface area contributed by atoms with Crippen molar-refractivity contribution < 1.29 is 14.6 Å². The van der Waals surface area contributed by atoms with Crippen molar-refractivity contribution in [2.24, 2.45) is 0 Å². The third-order valence-electron chi connectivity index (χ3n) is 6.44. The quantitative estimate of drug-likeness (QED) is 0.373. The monoisotopic (exact) mass is 455 g/mol. The molecular weight excluding hydrogens is 426 g/mol. The lowest BCUT2D eigenvalue weighted by molar-refractivity contribution is -0.137. The van der Waals surface area contributed by atoms with E-state index >= 15 is 0 Å². The molecule has 0 spiro atoms. The number of rotatable bonds is 8. The third-order valence-corrected chi connectivity index (χ3v) is 6.44. The number of ether oxygens (including phenoxy) is 1. The van der Waals surface area contributed by atoms with Crippen LogP contribution in [0.3, 0.4) is 0 Å². The second-order valence-electron chi connectivity index (χ2n) is 8.91. The van der Waals surface area contributed by atoms with E-state index in [1.54, 1.807) is 0 Å². The molecule has 1 unspecified atom stereocenters. The van der Waals surface area contributed by atoms with Gasteiger partial charge in [-0.05, 0) is 61.2 Å². The first kappa shape index (κ1) is 22.0. The Kier molecular flexibility index (Phi) is 6.21. The van der Waals surface area contributed by atoms with Gasteiger partial charge in [0, 0.05) is 35.8 Å². The molecule has 3 heterocycles. The van der Waals surface area contributed by atoms with Gasteiger partial charge in [-0.2, -0.15) is 0 Å². The fourth-order valence-electron chi connectivity index (χ4n) is 4.62. The highest BCUT2D eigenvalue weighted by Gasteiger charge is 2.19. The highest BCUT2D eigenvalue weighted by atomic mass is 16.5. The van der Waals surface area contributed by atoms with Crippen LogP contribution in [0.25, 0.3) is 10.9 Å². The lowest BCUT2D eigenvalue weighted by atomic mass is 10.0. The minimum absolute atomic E-state index is 0.0216. The third kappa shape index (κ3) is 4.76. The highest BCUT2D eigenvalue weighted by Crippen LogP contribution is 2.30. The number of carboxylic acids is 1. The lowest BCUT2D eigenvalue weighted by Gasteiger charge is -2.19. The van der Waals surface area contributed by atoms with Crippen LogP contribution in [-0.4, -0.2) is 33.8 Å². The van der Waals surface area contributed by atoms with Crippen LogP contribution in [0, 0.1) is 6.92 Å². The largest absolute Gasteiger partial charge is 0.493 e. The summed E-state index contributed by atoms with van der Waals surface area (Å²) in [5.41, 5.74) is 5.44. The zero-order valence-electron chi connectivity index (χ0n) is 19.3. The van der Waals surface area contributed by atoms with Gasteiger partial charge in [0.2, 0.25) is 0 Å². The van der Waals surface area contributed by atoms with E-state index in [2.05, 4.69) is 17.4 Å². The minimum atomic E-state index is -0.821. The molecule has 4 aromatic rings.